The zero-order valence-electron chi connectivity index (χ0n) is 11.2. The summed E-state index contributed by atoms with van der Waals surface area (Å²) in [4.78, 5) is 9.23. The Kier molecular flexibility index (Phi) is 4.06. The molecule has 104 valence electrons. The van der Waals surface area contributed by atoms with Gasteiger partial charge in [-0.1, -0.05) is 27.5 Å². The molecule has 1 aliphatic rings. The summed E-state index contributed by atoms with van der Waals surface area (Å²) >= 11 is 9.72. The van der Waals surface area contributed by atoms with Crippen molar-refractivity contribution in [2.75, 3.05) is 7.05 Å². The second-order valence-electron chi connectivity index (χ2n) is 4.95. The van der Waals surface area contributed by atoms with E-state index < -0.39 is 0 Å². The minimum atomic E-state index is 0.366. The molecule has 1 unspecified atom stereocenters. The van der Waals surface area contributed by atoms with Crippen molar-refractivity contribution >= 4 is 27.5 Å². The first kappa shape index (κ1) is 14.0. The molecule has 0 saturated heterocycles. The van der Waals surface area contributed by atoms with Crippen molar-refractivity contribution < 1.29 is 0 Å². The lowest BCUT2D eigenvalue weighted by Gasteiger charge is -2.24. The van der Waals surface area contributed by atoms with Crippen LogP contribution in [0.3, 0.4) is 0 Å². The molecule has 0 amide bonds. The van der Waals surface area contributed by atoms with Gasteiger partial charge in [0.25, 0.3) is 0 Å². The van der Waals surface area contributed by atoms with Gasteiger partial charge in [0.15, 0.2) is 5.82 Å². The third-order valence-corrected chi connectivity index (χ3v) is 4.52. The minimum Gasteiger partial charge on any atom is -0.313 e. The number of rotatable bonds is 2. The molecule has 0 aliphatic heterocycles. The average molecular weight is 353 g/mol. The molecule has 0 bridgehead atoms. The van der Waals surface area contributed by atoms with Crippen LogP contribution in [0.4, 0.5) is 0 Å². The maximum atomic E-state index is 6.26. The van der Waals surface area contributed by atoms with Crippen molar-refractivity contribution in [2.45, 2.75) is 25.3 Å². The van der Waals surface area contributed by atoms with E-state index in [0.717, 1.165) is 35.0 Å². The molecule has 3 rings (SSSR count). The van der Waals surface area contributed by atoms with Crippen LogP contribution in [-0.4, -0.2) is 17.0 Å². The third kappa shape index (κ3) is 2.60. The SMILES string of the molecule is CNC1CCCc2nc(-c3cc(Br)ccc3Cl)ncc21. The zero-order chi connectivity index (χ0) is 14.1. The molecule has 1 aromatic heterocycles. The summed E-state index contributed by atoms with van der Waals surface area (Å²) in [6.45, 7) is 0. The molecule has 0 spiro atoms. The molecule has 1 atom stereocenters. The van der Waals surface area contributed by atoms with E-state index in [9.17, 15) is 0 Å². The maximum absolute atomic E-state index is 6.26. The van der Waals surface area contributed by atoms with Gasteiger partial charge >= 0.3 is 0 Å². The van der Waals surface area contributed by atoms with Crippen molar-refractivity contribution in [3.05, 3.63) is 45.1 Å². The lowest BCUT2D eigenvalue weighted by molar-refractivity contribution is 0.488. The first-order chi connectivity index (χ1) is 9.69. The number of hydrogen-bond donors (Lipinski definition) is 1. The van der Waals surface area contributed by atoms with E-state index in [-0.39, 0.29) is 0 Å². The van der Waals surface area contributed by atoms with Gasteiger partial charge in [0, 0.05) is 33.5 Å². The highest BCUT2D eigenvalue weighted by Gasteiger charge is 2.21. The monoisotopic (exact) mass is 351 g/mol. The van der Waals surface area contributed by atoms with Crippen LogP contribution in [0.5, 0.6) is 0 Å². The third-order valence-electron chi connectivity index (χ3n) is 3.70. The van der Waals surface area contributed by atoms with Crippen molar-refractivity contribution in [3.63, 3.8) is 0 Å². The second-order valence-corrected chi connectivity index (χ2v) is 6.28. The normalized spacial score (nSPS) is 17.9. The van der Waals surface area contributed by atoms with E-state index >= 15 is 0 Å². The van der Waals surface area contributed by atoms with Gasteiger partial charge in [-0.3, -0.25) is 0 Å². The van der Waals surface area contributed by atoms with E-state index in [1.54, 1.807) is 0 Å². The van der Waals surface area contributed by atoms with Crippen LogP contribution in [0.2, 0.25) is 5.02 Å². The number of fused-ring (bicyclic) bond motifs is 1. The Hall–Kier alpha value is -0.970. The summed E-state index contributed by atoms with van der Waals surface area (Å²) in [5, 5.41) is 4.00. The molecule has 0 saturated carbocycles. The second kappa shape index (κ2) is 5.80. The summed E-state index contributed by atoms with van der Waals surface area (Å²) in [6, 6.07) is 6.11. The van der Waals surface area contributed by atoms with Gasteiger partial charge in [-0.2, -0.15) is 0 Å². The standard InChI is InChI=1S/C15H15BrClN3/c1-18-13-3-2-4-14-11(13)8-19-15(20-14)10-7-9(16)5-6-12(10)17/h5-8,13,18H,2-4H2,1H3. The number of halogens is 2. The highest BCUT2D eigenvalue weighted by molar-refractivity contribution is 9.10. The summed E-state index contributed by atoms with van der Waals surface area (Å²) < 4.78 is 0.978. The molecule has 1 aromatic carbocycles. The van der Waals surface area contributed by atoms with Crippen molar-refractivity contribution in [3.8, 4) is 11.4 Å². The predicted octanol–water partition coefficient (Wildman–Crippen LogP) is 4.16. The Balaban J connectivity index is 2.06. The van der Waals surface area contributed by atoms with Crippen LogP contribution >= 0.6 is 27.5 Å². The number of hydrogen-bond acceptors (Lipinski definition) is 3. The first-order valence-electron chi connectivity index (χ1n) is 6.67. The maximum Gasteiger partial charge on any atom is 0.160 e. The number of benzene rings is 1. The van der Waals surface area contributed by atoms with E-state index in [0.29, 0.717) is 16.9 Å². The highest BCUT2D eigenvalue weighted by Crippen LogP contribution is 2.32. The summed E-state index contributed by atoms with van der Waals surface area (Å²) in [5.74, 6) is 0.701. The highest BCUT2D eigenvalue weighted by atomic mass is 79.9. The lowest BCUT2D eigenvalue weighted by atomic mass is 9.92. The Bertz CT molecular complexity index is 645. The van der Waals surface area contributed by atoms with Gasteiger partial charge in [-0.25, -0.2) is 9.97 Å². The molecule has 20 heavy (non-hydrogen) atoms. The summed E-state index contributed by atoms with van der Waals surface area (Å²) in [6.07, 6.45) is 5.24. The van der Waals surface area contributed by atoms with E-state index in [2.05, 4.69) is 26.2 Å². The van der Waals surface area contributed by atoms with E-state index in [1.165, 1.54) is 5.56 Å². The van der Waals surface area contributed by atoms with Gasteiger partial charge in [0.2, 0.25) is 0 Å². The number of aromatic nitrogens is 2. The topological polar surface area (TPSA) is 37.8 Å². The van der Waals surface area contributed by atoms with Gasteiger partial charge in [0.1, 0.15) is 0 Å². The average Bonchev–Trinajstić information content (AvgIpc) is 2.48. The Morgan fingerprint density at radius 1 is 1.40 bits per heavy atom. The Morgan fingerprint density at radius 2 is 2.25 bits per heavy atom. The van der Waals surface area contributed by atoms with Crippen molar-refractivity contribution in [2.24, 2.45) is 0 Å². The lowest BCUT2D eigenvalue weighted by Crippen LogP contribution is -2.22. The number of nitrogens with one attached hydrogen (secondary N) is 1. The largest absolute Gasteiger partial charge is 0.313 e. The summed E-state index contributed by atoms with van der Waals surface area (Å²) in [7, 11) is 1.98. The molecular formula is C15H15BrClN3. The molecule has 0 radical (unpaired) electrons. The van der Waals surface area contributed by atoms with Crippen molar-refractivity contribution in [1.29, 1.82) is 0 Å². The van der Waals surface area contributed by atoms with Crippen LogP contribution in [0.15, 0.2) is 28.9 Å². The molecular weight excluding hydrogens is 338 g/mol. The Morgan fingerprint density at radius 3 is 3.05 bits per heavy atom. The van der Waals surface area contributed by atoms with E-state index in [1.807, 2.05) is 31.4 Å². The van der Waals surface area contributed by atoms with Gasteiger partial charge in [-0.15, -0.1) is 0 Å². The predicted molar refractivity (Wildman–Crippen MR) is 84.9 cm³/mol. The molecule has 3 nitrogen and oxygen atoms in total. The first-order valence-corrected chi connectivity index (χ1v) is 7.84. The van der Waals surface area contributed by atoms with Gasteiger partial charge in [0.05, 0.1) is 5.02 Å². The minimum absolute atomic E-state index is 0.366. The van der Waals surface area contributed by atoms with Crippen LogP contribution in [-0.2, 0) is 6.42 Å². The van der Waals surface area contributed by atoms with Crippen molar-refractivity contribution in [1.82, 2.24) is 15.3 Å². The molecule has 5 heteroatoms. The van der Waals surface area contributed by atoms with Crippen LogP contribution in [0.1, 0.15) is 30.1 Å². The number of aryl methyl sites for hydroxylation is 1. The molecule has 0 fully saturated rings. The molecule has 1 heterocycles. The Labute approximate surface area is 131 Å². The van der Waals surface area contributed by atoms with Crippen LogP contribution < -0.4 is 5.32 Å². The van der Waals surface area contributed by atoms with Crippen LogP contribution in [0.25, 0.3) is 11.4 Å². The van der Waals surface area contributed by atoms with E-state index in [4.69, 9.17) is 16.6 Å². The quantitative estimate of drug-likeness (QED) is 0.882. The van der Waals surface area contributed by atoms with Gasteiger partial charge in [-0.05, 0) is 44.5 Å². The fourth-order valence-corrected chi connectivity index (χ4v) is 3.21. The zero-order valence-corrected chi connectivity index (χ0v) is 13.5. The smallest absolute Gasteiger partial charge is 0.160 e. The molecule has 2 aromatic rings. The van der Waals surface area contributed by atoms with Gasteiger partial charge < -0.3 is 5.32 Å². The van der Waals surface area contributed by atoms with Crippen LogP contribution in [0, 0.1) is 0 Å². The molecule has 1 aliphatic carbocycles. The number of nitrogens with zero attached hydrogens (tertiary/aromatic N) is 2. The summed E-state index contributed by atoms with van der Waals surface area (Å²) in [5.41, 5.74) is 3.22. The fraction of sp³-hybridized carbons (Fsp3) is 0.333. The fourth-order valence-electron chi connectivity index (χ4n) is 2.65. The molecule has 1 N–H and O–H groups in total.